The van der Waals surface area contributed by atoms with Gasteiger partial charge in [-0.3, -0.25) is 4.79 Å². The average molecular weight is 399 g/mol. The number of amides is 1. The molecule has 5 nitrogen and oxygen atoms in total. The normalized spacial score (nSPS) is 10.6. The van der Waals surface area contributed by atoms with Gasteiger partial charge in [-0.15, -0.1) is 0 Å². The molecular weight excluding hydrogens is 373 g/mol. The number of carbonyl (C=O) groups is 1. The Kier molecular flexibility index (Phi) is 8.27. The Morgan fingerprint density at radius 1 is 1.10 bits per heavy atom. The summed E-state index contributed by atoms with van der Waals surface area (Å²) in [6, 6.07) is 10.1. The number of benzene rings is 2. The first kappa shape index (κ1) is 22.0. The lowest BCUT2D eigenvalue weighted by Gasteiger charge is -2.19. The second-order valence-electron chi connectivity index (χ2n) is 6.16. The zero-order valence-corrected chi connectivity index (χ0v) is 17.0. The monoisotopic (exact) mass is 399 g/mol. The highest BCUT2D eigenvalue weighted by atomic mass is 19.1. The van der Waals surface area contributed by atoms with E-state index in [9.17, 15) is 9.18 Å². The number of carbonyl (C=O) groups excluding carboxylic acids is 1. The molecule has 0 radical (unpaired) electrons. The van der Waals surface area contributed by atoms with Crippen LogP contribution in [0.5, 0.6) is 17.2 Å². The van der Waals surface area contributed by atoms with E-state index in [1.54, 1.807) is 48.4 Å². The van der Waals surface area contributed by atoms with Gasteiger partial charge >= 0.3 is 0 Å². The van der Waals surface area contributed by atoms with Crippen LogP contribution in [0.3, 0.4) is 0 Å². The SMILES string of the molecule is C=CCOc1ccc(/C=C/C(=O)N(CC)Cc2ccc(OC)c(F)c2)cc1OC. The molecule has 29 heavy (non-hydrogen) atoms. The molecule has 0 atom stereocenters. The molecule has 0 aromatic heterocycles. The lowest BCUT2D eigenvalue weighted by atomic mass is 10.1. The predicted molar refractivity (Wildman–Crippen MR) is 112 cm³/mol. The van der Waals surface area contributed by atoms with E-state index in [1.165, 1.54) is 19.3 Å². The highest BCUT2D eigenvalue weighted by Crippen LogP contribution is 2.28. The second kappa shape index (κ2) is 10.9. The minimum atomic E-state index is -0.449. The molecule has 154 valence electrons. The summed E-state index contributed by atoms with van der Waals surface area (Å²) in [5, 5.41) is 0. The van der Waals surface area contributed by atoms with E-state index in [1.807, 2.05) is 13.0 Å². The highest BCUT2D eigenvalue weighted by Gasteiger charge is 2.12. The Labute approximate surface area is 171 Å². The topological polar surface area (TPSA) is 48.0 Å². The smallest absolute Gasteiger partial charge is 0.246 e. The maximum absolute atomic E-state index is 13.9. The van der Waals surface area contributed by atoms with Crippen molar-refractivity contribution >= 4 is 12.0 Å². The van der Waals surface area contributed by atoms with Crippen LogP contribution in [0.25, 0.3) is 6.08 Å². The predicted octanol–water partition coefficient (Wildman–Crippen LogP) is 4.47. The van der Waals surface area contributed by atoms with Crippen molar-refractivity contribution in [1.29, 1.82) is 0 Å². The molecule has 0 bridgehead atoms. The number of halogens is 1. The first-order chi connectivity index (χ1) is 14.0. The van der Waals surface area contributed by atoms with Crippen molar-refractivity contribution in [3.05, 3.63) is 72.1 Å². The number of likely N-dealkylation sites (N-methyl/N-ethyl adjacent to an activating group) is 1. The highest BCUT2D eigenvalue weighted by molar-refractivity contribution is 5.91. The van der Waals surface area contributed by atoms with E-state index in [0.29, 0.717) is 36.8 Å². The van der Waals surface area contributed by atoms with Gasteiger partial charge in [-0.1, -0.05) is 24.8 Å². The molecule has 1 amide bonds. The van der Waals surface area contributed by atoms with Crippen LogP contribution in [0, 0.1) is 5.82 Å². The molecule has 0 saturated heterocycles. The second-order valence-corrected chi connectivity index (χ2v) is 6.16. The number of methoxy groups -OCH3 is 2. The number of ether oxygens (including phenoxy) is 3. The van der Waals surface area contributed by atoms with E-state index in [2.05, 4.69) is 6.58 Å². The van der Waals surface area contributed by atoms with E-state index >= 15 is 0 Å². The van der Waals surface area contributed by atoms with Crippen molar-refractivity contribution < 1.29 is 23.4 Å². The van der Waals surface area contributed by atoms with Crippen molar-refractivity contribution in [2.45, 2.75) is 13.5 Å². The molecule has 0 heterocycles. The van der Waals surface area contributed by atoms with Crippen LogP contribution >= 0.6 is 0 Å². The third-order valence-electron chi connectivity index (χ3n) is 4.25. The molecule has 0 fully saturated rings. The fraction of sp³-hybridized carbons (Fsp3) is 0.261. The standard InChI is InChI=1S/C23H26FNO4/c1-5-13-29-21-11-7-17(15-22(21)28-4)9-12-23(26)25(6-2)16-18-8-10-20(27-3)19(24)14-18/h5,7-12,14-15H,1,6,13,16H2,2-4H3/b12-9+. The van der Waals surface area contributed by atoms with Gasteiger partial charge < -0.3 is 19.1 Å². The number of hydrogen-bond donors (Lipinski definition) is 0. The Morgan fingerprint density at radius 3 is 2.45 bits per heavy atom. The maximum atomic E-state index is 13.9. The van der Waals surface area contributed by atoms with Crippen LogP contribution in [0.15, 0.2) is 55.1 Å². The van der Waals surface area contributed by atoms with Crippen LogP contribution in [0.1, 0.15) is 18.1 Å². The summed E-state index contributed by atoms with van der Waals surface area (Å²) in [7, 11) is 2.97. The van der Waals surface area contributed by atoms with Crippen LogP contribution in [-0.2, 0) is 11.3 Å². The van der Waals surface area contributed by atoms with Crippen LogP contribution in [0.4, 0.5) is 4.39 Å². The Morgan fingerprint density at radius 2 is 1.83 bits per heavy atom. The maximum Gasteiger partial charge on any atom is 0.246 e. The third kappa shape index (κ3) is 6.10. The fourth-order valence-electron chi connectivity index (χ4n) is 2.70. The molecule has 0 spiro atoms. The van der Waals surface area contributed by atoms with Crippen LogP contribution < -0.4 is 14.2 Å². The van der Waals surface area contributed by atoms with E-state index in [4.69, 9.17) is 14.2 Å². The number of rotatable bonds is 10. The number of nitrogens with zero attached hydrogens (tertiary/aromatic N) is 1. The van der Waals surface area contributed by atoms with Gasteiger partial charge in [-0.25, -0.2) is 4.39 Å². The van der Waals surface area contributed by atoms with Crippen LogP contribution in [0.2, 0.25) is 0 Å². The van der Waals surface area contributed by atoms with E-state index < -0.39 is 5.82 Å². The molecule has 2 aromatic carbocycles. The molecule has 0 unspecified atom stereocenters. The minimum Gasteiger partial charge on any atom is -0.494 e. The Bertz CT molecular complexity index is 879. The Balaban J connectivity index is 2.09. The quantitative estimate of drug-likeness (QED) is 0.437. The van der Waals surface area contributed by atoms with Crippen molar-refractivity contribution in [2.24, 2.45) is 0 Å². The molecule has 0 aliphatic heterocycles. The van der Waals surface area contributed by atoms with Gasteiger partial charge in [0.15, 0.2) is 23.1 Å². The van der Waals surface area contributed by atoms with Gasteiger partial charge in [0.2, 0.25) is 5.91 Å². The van der Waals surface area contributed by atoms with Gasteiger partial charge in [-0.2, -0.15) is 0 Å². The first-order valence-electron chi connectivity index (χ1n) is 9.23. The molecular formula is C23H26FNO4. The Hall–Kier alpha value is -3.28. The summed E-state index contributed by atoms with van der Waals surface area (Å²) in [5.41, 5.74) is 1.49. The van der Waals surface area contributed by atoms with Crippen molar-refractivity contribution in [3.63, 3.8) is 0 Å². The zero-order chi connectivity index (χ0) is 21.2. The lowest BCUT2D eigenvalue weighted by molar-refractivity contribution is -0.126. The summed E-state index contributed by atoms with van der Waals surface area (Å²) < 4.78 is 29.7. The molecule has 0 N–H and O–H groups in total. The first-order valence-corrected chi connectivity index (χ1v) is 9.23. The zero-order valence-electron chi connectivity index (χ0n) is 17.0. The molecule has 2 aromatic rings. The molecule has 2 rings (SSSR count). The average Bonchev–Trinajstić information content (AvgIpc) is 2.74. The third-order valence-corrected chi connectivity index (χ3v) is 4.25. The van der Waals surface area contributed by atoms with Crippen molar-refractivity contribution in [1.82, 2.24) is 4.90 Å². The molecule has 0 aliphatic rings. The summed E-state index contributed by atoms with van der Waals surface area (Å²) in [6.45, 7) is 6.67. The van der Waals surface area contributed by atoms with Gasteiger partial charge in [0, 0.05) is 19.2 Å². The van der Waals surface area contributed by atoms with Crippen molar-refractivity contribution in [3.8, 4) is 17.2 Å². The van der Waals surface area contributed by atoms with Gasteiger partial charge in [0.1, 0.15) is 6.61 Å². The van der Waals surface area contributed by atoms with Gasteiger partial charge in [0.25, 0.3) is 0 Å². The summed E-state index contributed by atoms with van der Waals surface area (Å²) in [5.74, 6) is 0.733. The molecule has 0 saturated carbocycles. The minimum absolute atomic E-state index is 0.172. The lowest BCUT2D eigenvalue weighted by Crippen LogP contribution is -2.28. The summed E-state index contributed by atoms with van der Waals surface area (Å²) in [4.78, 5) is 14.2. The van der Waals surface area contributed by atoms with E-state index in [-0.39, 0.29) is 11.7 Å². The number of hydrogen-bond acceptors (Lipinski definition) is 4. The van der Waals surface area contributed by atoms with Crippen LogP contribution in [-0.4, -0.2) is 38.2 Å². The molecule has 0 aliphatic carbocycles. The summed E-state index contributed by atoms with van der Waals surface area (Å²) in [6.07, 6.45) is 4.85. The largest absolute Gasteiger partial charge is 0.494 e. The van der Waals surface area contributed by atoms with E-state index in [0.717, 1.165) is 5.56 Å². The van der Waals surface area contributed by atoms with Crippen molar-refractivity contribution in [2.75, 3.05) is 27.4 Å². The molecule has 6 heteroatoms. The fourth-order valence-corrected chi connectivity index (χ4v) is 2.70. The van der Waals surface area contributed by atoms with Gasteiger partial charge in [-0.05, 0) is 48.4 Å². The summed E-state index contributed by atoms with van der Waals surface area (Å²) >= 11 is 0. The van der Waals surface area contributed by atoms with Gasteiger partial charge in [0.05, 0.1) is 14.2 Å².